The van der Waals surface area contributed by atoms with Crippen LogP contribution in [0, 0.1) is 0 Å². The van der Waals surface area contributed by atoms with Crippen LogP contribution in [0.25, 0.3) is 0 Å². The van der Waals surface area contributed by atoms with Crippen LogP contribution in [0.5, 0.6) is 0 Å². The summed E-state index contributed by atoms with van der Waals surface area (Å²) < 4.78 is 10.2. The first kappa shape index (κ1) is 21.1. The molecule has 31 heavy (non-hydrogen) atoms. The number of thioether (sulfide) groups is 1. The number of carboxylic acid groups (broad SMARTS) is 1. The number of carbonyl (C=O) groups is 5. The van der Waals surface area contributed by atoms with Crippen LogP contribution in [0.4, 0.5) is 0 Å². The van der Waals surface area contributed by atoms with E-state index in [0.717, 1.165) is 11.8 Å². The number of hydrogen-bond acceptors (Lipinski definition) is 10. The van der Waals surface area contributed by atoms with Crippen molar-refractivity contribution in [3.8, 4) is 0 Å². The second-order valence-electron chi connectivity index (χ2n) is 7.03. The molecule has 3 aliphatic heterocycles. The number of rotatable bonds is 6. The van der Waals surface area contributed by atoms with Gasteiger partial charge in [0.25, 0.3) is 11.8 Å². The van der Waals surface area contributed by atoms with E-state index in [-0.39, 0.29) is 32.3 Å². The summed E-state index contributed by atoms with van der Waals surface area (Å²) in [5.74, 6) is -4.53. The minimum Gasteiger partial charge on any atom is -0.477 e. The summed E-state index contributed by atoms with van der Waals surface area (Å²) in [6, 6.07) is 2.03. The predicted molar refractivity (Wildman–Crippen MR) is 98.6 cm³/mol. The van der Waals surface area contributed by atoms with Gasteiger partial charge in [0.1, 0.15) is 12.6 Å². The van der Waals surface area contributed by atoms with E-state index in [1.54, 1.807) is 12.1 Å². The SMILES string of the molecule is O=C1CCC(Sc2ccncc2)(C(=O)N[C@H]2CON(C3(C(=O)O)CCC(=O)O3)C2=O)O1. The molecule has 3 saturated heterocycles. The Hall–Kier alpha value is -3.19. The Labute approximate surface area is 179 Å². The van der Waals surface area contributed by atoms with Crippen molar-refractivity contribution in [1.82, 2.24) is 15.4 Å². The van der Waals surface area contributed by atoms with Crippen LogP contribution in [0.1, 0.15) is 25.7 Å². The lowest BCUT2D eigenvalue weighted by atomic mass is 10.1. The average molecular weight is 451 g/mol. The van der Waals surface area contributed by atoms with Gasteiger partial charge in [-0.25, -0.2) is 4.79 Å². The molecule has 2 N–H and O–H groups in total. The van der Waals surface area contributed by atoms with Crippen molar-refractivity contribution >= 4 is 41.5 Å². The minimum atomic E-state index is -2.28. The highest BCUT2D eigenvalue weighted by Crippen LogP contribution is 2.42. The topological polar surface area (TPSA) is 161 Å². The molecule has 0 aliphatic carbocycles. The van der Waals surface area contributed by atoms with Crippen LogP contribution in [0.3, 0.4) is 0 Å². The normalized spacial score (nSPS) is 30.3. The van der Waals surface area contributed by atoms with Crippen LogP contribution in [0.15, 0.2) is 29.4 Å². The second kappa shape index (κ2) is 7.81. The molecule has 0 aromatic carbocycles. The lowest BCUT2D eigenvalue weighted by Gasteiger charge is -2.31. The Morgan fingerprint density at radius 1 is 1.13 bits per heavy atom. The molecule has 0 saturated carbocycles. The van der Waals surface area contributed by atoms with E-state index in [2.05, 4.69) is 10.3 Å². The van der Waals surface area contributed by atoms with Crippen molar-refractivity contribution in [2.45, 2.75) is 47.3 Å². The first-order valence-corrected chi connectivity index (χ1v) is 10.1. The standard InChI is InChI=1S/C18H17N3O9S/c22-12-1-5-17(29-12,16(26)27)21-14(24)11(9-28-21)20-15(25)18(6-2-13(23)30-18)31-10-3-7-19-8-4-10/h3-4,7-8,11H,1-2,5-6,9H2,(H,20,25)(H,26,27)/t11-,17?,18?/m0/s1. The Balaban J connectivity index is 1.51. The van der Waals surface area contributed by atoms with Crippen molar-refractivity contribution in [2.24, 2.45) is 0 Å². The number of hydroxylamine groups is 2. The monoisotopic (exact) mass is 451 g/mol. The third-order valence-corrected chi connectivity index (χ3v) is 6.31. The zero-order chi connectivity index (χ0) is 22.2. The fourth-order valence-corrected chi connectivity index (χ4v) is 4.58. The van der Waals surface area contributed by atoms with Gasteiger partial charge in [0.2, 0.25) is 4.93 Å². The average Bonchev–Trinajstić information content (AvgIpc) is 3.42. The number of nitrogens with one attached hydrogen (secondary N) is 1. The van der Waals surface area contributed by atoms with Gasteiger partial charge in [-0.3, -0.25) is 29.0 Å². The van der Waals surface area contributed by atoms with E-state index in [1.807, 2.05) is 0 Å². The van der Waals surface area contributed by atoms with Gasteiger partial charge < -0.3 is 19.9 Å². The maximum absolute atomic E-state index is 13.1. The van der Waals surface area contributed by atoms with E-state index in [1.165, 1.54) is 12.4 Å². The van der Waals surface area contributed by atoms with Crippen molar-refractivity contribution in [3.63, 3.8) is 0 Å². The molecule has 3 aliphatic rings. The first-order chi connectivity index (χ1) is 14.8. The maximum Gasteiger partial charge on any atom is 0.372 e. The summed E-state index contributed by atoms with van der Waals surface area (Å²) in [7, 11) is 0. The number of hydrogen-bond donors (Lipinski definition) is 2. The fraction of sp³-hybridized carbons (Fsp3) is 0.444. The Morgan fingerprint density at radius 2 is 1.81 bits per heavy atom. The Bertz CT molecular complexity index is 958. The van der Waals surface area contributed by atoms with Gasteiger partial charge in [-0.15, -0.1) is 0 Å². The summed E-state index contributed by atoms with van der Waals surface area (Å²) in [5.41, 5.74) is -2.28. The molecule has 1 aromatic rings. The highest BCUT2D eigenvalue weighted by atomic mass is 32.2. The number of carbonyl (C=O) groups excluding carboxylic acids is 4. The molecule has 0 spiro atoms. The molecule has 4 rings (SSSR count). The molecule has 13 heteroatoms. The molecule has 0 bridgehead atoms. The zero-order valence-corrected chi connectivity index (χ0v) is 16.8. The van der Waals surface area contributed by atoms with Gasteiger partial charge >= 0.3 is 23.6 Å². The summed E-state index contributed by atoms with van der Waals surface area (Å²) in [6.45, 7) is -0.374. The quantitative estimate of drug-likeness (QED) is 0.541. The van der Waals surface area contributed by atoms with Crippen LogP contribution in [0.2, 0.25) is 0 Å². The van der Waals surface area contributed by atoms with Crippen LogP contribution in [-0.2, 0) is 38.3 Å². The minimum absolute atomic E-state index is 0.0187. The molecular formula is C18H17N3O9S. The zero-order valence-electron chi connectivity index (χ0n) is 15.9. The number of carboxylic acids is 1. The largest absolute Gasteiger partial charge is 0.477 e. The molecule has 12 nitrogen and oxygen atoms in total. The summed E-state index contributed by atoms with van der Waals surface area (Å²) >= 11 is 1.00. The lowest BCUT2D eigenvalue weighted by Crippen LogP contribution is -2.57. The molecule has 164 valence electrons. The number of esters is 2. The number of ether oxygens (including phenoxy) is 2. The van der Waals surface area contributed by atoms with Gasteiger partial charge in [0.15, 0.2) is 0 Å². The second-order valence-corrected chi connectivity index (χ2v) is 8.36. The van der Waals surface area contributed by atoms with Gasteiger partial charge in [0.05, 0.1) is 12.8 Å². The summed E-state index contributed by atoms with van der Waals surface area (Å²) in [6.07, 6.45) is 2.65. The highest BCUT2D eigenvalue weighted by molar-refractivity contribution is 8.01. The van der Waals surface area contributed by atoms with E-state index in [0.29, 0.717) is 9.96 Å². The lowest BCUT2D eigenvalue weighted by molar-refractivity contribution is -0.256. The number of pyridine rings is 1. The smallest absolute Gasteiger partial charge is 0.372 e. The van der Waals surface area contributed by atoms with E-state index in [9.17, 15) is 29.1 Å². The molecule has 1 aromatic heterocycles. The molecule has 2 unspecified atom stereocenters. The van der Waals surface area contributed by atoms with Crippen molar-refractivity contribution in [1.29, 1.82) is 0 Å². The van der Waals surface area contributed by atoms with Gasteiger partial charge in [-0.1, -0.05) is 11.8 Å². The van der Waals surface area contributed by atoms with Crippen molar-refractivity contribution < 1.29 is 43.4 Å². The van der Waals surface area contributed by atoms with E-state index >= 15 is 0 Å². The Morgan fingerprint density at radius 3 is 2.39 bits per heavy atom. The third kappa shape index (κ3) is 3.70. The molecule has 3 fully saturated rings. The number of aromatic nitrogens is 1. The van der Waals surface area contributed by atoms with Gasteiger partial charge in [-0.05, 0) is 12.1 Å². The van der Waals surface area contributed by atoms with E-state index in [4.69, 9.17) is 14.3 Å². The Kier molecular flexibility index (Phi) is 5.31. The fourth-order valence-electron chi connectivity index (χ4n) is 3.45. The molecule has 0 radical (unpaired) electrons. The number of aliphatic carboxylic acids is 1. The summed E-state index contributed by atoms with van der Waals surface area (Å²) in [4.78, 5) is 69.0. The van der Waals surface area contributed by atoms with Gasteiger partial charge in [0, 0.05) is 30.1 Å². The molecule has 2 amide bonds. The summed E-state index contributed by atoms with van der Waals surface area (Å²) in [5, 5.41) is 12.5. The van der Waals surface area contributed by atoms with Gasteiger partial charge in [-0.2, -0.15) is 5.06 Å². The van der Waals surface area contributed by atoms with Crippen LogP contribution >= 0.6 is 11.8 Å². The van der Waals surface area contributed by atoms with Crippen LogP contribution in [-0.4, -0.2) is 68.2 Å². The first-order valence-electron chi connectivity index (χ1n) is 9.30. The third-order valence-electron chi connectivity index (χ3n) is 5.00. The van der Waals surface area contributed by atoms with Crippen molar-refractivity contribution in [3.05, 3.63) is 24.5 Å². The predicted octanol–water partition coefficient (Wildman–Crippen LogP) is -0.416. The number of cyclic esters (lactones) is 2. The maximum atomic E-state index is 13.1. The van der Waals surface area contributed by atoms with Crippen molar-refractivity contribution in [2.75, 3.05) is 6.61 Å². The molecular weight excluding hydrogens is 434 g/mol. The highest BCUT2D eigenvalue weighted by Gasteiger charge is 2.60. The van der Waals surface area contributed by atoms with Crippen LogP contribution < -0.4 is 5.32 Å². The molecule has 3 atom stereocenters. The van der Waals surface area contributed by atoms with E-state index < -0.39 is 46.4 Å². The number of nitrogens with zero attached hydrogens (tertiary/aromatic N) is 2. The number of amides is 2. The molecule has 4 heterocycles.